The molecule has 0 bridgehead atoms. The maximum Gasteiger partial charge on any atom is 0.272 e. The van der Waals surface area contributed by atoms with E-state index in [0.717, 1.165) is 6.07 Å². The summed E-state index contributed by atoms with van der Waals surface area (Å²) in [5.41, 5.74) is 1.13. The lowest BCUT2D eigenvalue weighted by molar-refractivity contribution is 0.618. The number of benzene rings is 2. The quantitative estimate of drug-likeness (QED) is 0.699. The molecule has 3 aromatic rings. The van der Waals surface area contributed by atoms with Gasteiger partial charge in [0.2, 0.25) is 0 Å². The second kappa shape index (κ2) is 6.92. The first-order valence-corrected chi connectivity index (χ1v) is 8.23. The summed E-state index contributed by atoms with van der Waals surface area (Å²) in [6.45, 7) is 4.37. The van der Waals surface area contributed by atoms with Crippen molar-refractivity contribution in [1.29, 1.82) is 5.26 Å². The molecule has 7 heteroatoms. The number of rotatable bonds is 1. The van der Waals surface area contributed by atoms with E-state index in [2.05, 4.69) is 15.5 Å². The zero-order valence-electron chi connectivity index (χ0n) is 14.2. The first kappa shape index (κ1) is 17.5. The number of hydrogen-bond acceptors (Lipinski definition) is 4. The van der Waals surface area contributed by atoms with E-state index in [1.807, 2.05) is 13.8 Å². The zero-order valence-corrected chi connectivity index (χ0v) is 14.2. The molecule has 132 valence electrons. The molecule has 1 aliphatic rings. The van der Waals surface area contributed by atoms with Crippen LogP contribution in [-0.2, 0) is 0 Å². The average molecular weight is 354 g/mol. The van der Waals surface area contributed by atoms with Crippen molar-refractivity contribution in [1.82, 2.24) is 10.2 Å². The molecule has 2 heterocycles. The normalized spacial score (nSPS) is 14.8. The van der Waals surface area contributed by atoms with E-state index < -0.39 is 17.2 Å². The predicted octanol–water partition coefficient (Wildman–Crippen LogP) is 3.66. The van der Waals surface area contributed by atoms with Crippen LogP contribution in [0.4, 0.5) is 14.5 Å². The van der Waals surface area contributed by atoms with E-state index in [4.69, 9.17) is 5.26 Å². The zero-order chi connectivity index (χ0) is 18.8. The van der Waals surface area contributed by atoms with Gasteiger partial charge in [-0.2, -0.15) is 10.4 Å². The molecule has 1 unspecified atom stereocenters. The van der Waals surface area contributed by atoms with Crippen LogP contribution in [0.3, 0.4) is 0 Å². The van der Waals surface area contributed by atoms with Gasteiger partial charge >= 0.3 is 0 Å². The van der Waals surface area contributed by atoms with Crippen LogP contribution >= 0.6 is 0 Å². The summed E-state index contributed by atoms with van der Waals surface area (Å²) in [5.74, 6) is -1.46. The van der Waals surface area contributed by atoms with E-state index >= 15 is 0 Å². The van der Waals surface area contributed by atoms with Gasteiger partial charge in [-0.25, -0.2) is 13.9 Å². The van der Waals surface area contributed by atoms with Gasteiger partial charge in [0.05, 0.1) is 16.6 Å². The summed E-state index contributed by atoms with van der Waals surface area (Å²) in [6, 6.07) is 8.60. The smallest absolute Gasteiger partial charge is 0.272 e. The predicted molar refractivity (Wildman–Crippen MR) is 95.1 cm³/mol. The Morgan fingerprint density at radius 1 is 1.23 bits per heavy atom. The van der Waals surface area contributed by atoms with E-state index in [1.165, 1.54) is 18.2 Å². The maximum absolute atomic E-state index is 13.9. The number of nitrogens with one attached hydrogen (secondary N) is 2. The van der Waals surface area contributed by atoms with Crippen molar-refractivity contribution in [2.45, 2.75) is 19.8 Å². The Bertz CT molecular complexity index is 1090. The molecule has 26 heavy (non-hydrogen) atoms. The van der Waals surface area contributed by atoms with Crippen molar-refractivity contribution in [3.8, 4) is 6.07 Å². The fraction of sp³-hybridized carbons (Fsp3) is 0.211. The highest BCUT2D eigenvalue weighted by atomic mass is 19.1. The number of nitriles is 1. The van der Waals surface area contributed by atoms with Crippen LogP contribution in [0.25, 0.3) is 10.8 Å². The first-order chi connectivity index (χ1) is 12.6. The van der Waals surface area contributed by atoms with Crippen LogP contribution in [0.15, 0.2) is 35.1 Å². The monoisotopic (exact) mass is 354 g/mol. The molecule has 0 aliphatic carbocycles. The van der Waals surface area contributed by atoms with Crippen LogP contribution in [0.1, 0.15) is 36.6 Å². The van der Waals surface area contributed by atoms with Gasteiger partial charge in [0.25, 0.3) is 5.56 Å². The molecular weight excluding hydrogens is 338 g/mol. The van der Waals surface area contributed by atoms with Crippen LogP contribution in [0.2, 0.25) is 0 Å². The van der Waals surface area contributed by atoms with E-state index in [9.17, 15) is 13.6 Å². The van der Waals surface area contributed by atoms with Gasteiger partial charge in [-0.05, 0) is 29.8 Å². The molecule has 1 aliphatic heterocycles. The van der Waals surface area contributed by atoms with Crippen molar-refractivity contribution in [2.75, 3.05) is 11.9 Å². The number of H-pyrrole nitrogens is 1. The number of aromatic amines is 1. The minimum atomic E-state index is -0.611. The van der Waals surface area contributed by atoms with Crippen molar-refractivity contribution in [2.24, 2.45) is 0 Å². The molecule has 4 rings (SSSR count). The fourth-order valence-corrected chi connectivity index (χ4v) is 3.10. The summed E-state index contributed by atoms with van der Waals surface area (Å²) >= 11 is 0. The number of hydrogen-bond donors (Lipinski definition) is 2. The van der Waals surface area contributed by atoms with Gasteiger partial charge in [-0.1, -0.05) is 19.9 Å². The molecule has 1 atom stereocenters. The Morgan fingerprint density at radius 3 is 2.69 bits per heavy atom. The molecule has 0 fully saturated rings. The first-order valence-electron chi connectivity index (χ1n) is 8.23. The molecule has 2 aromatic carbocycles. The van der Waals surface area contributed by atoms with Crippen LogP contribution < -0.4 is 10.9 Å². The van der Waals surface area contributed by atoms with Gasteiger partial charge in [-0.3, -0.25) is 4.79 Å². The third-order valence-corrected chi connectivity index (χ3v) is 4.22. The van der Waals surface area contributed by atoms with Gasteiger partial charge in [0.1, 0.15) is 17.7 Å². The second-order valence-corrected chi connectivity index (χ2v) is 5.60. The topological polar surface area (TPSA) is 81.6 Å². The Balaban J connectivity index is 0.000000948. The molecule has 0 spiro atoms. The molecule has 0 amide bonds. The van der Waals surface area contributed by atoms with E-state index in [1.54, 1.807) is 12.1 Å². The number of nitrogens with zero attached hydrogens (tertiary/aromatic N) is 2. The number of anilines is 1. The minimum absolute atomic E-state index is 0.0374. The molecule has 5 nitrogen and oxygen atoms in total. The molecular formula is C19H16F2N4O. The standard InChI is InChI=1S/C17H10F2N4O.C2H6/c18-10-4-11-15-14(5-10)21-7-12(16(15)22-23-17(11)24)8-1-2-9(6-20)13(19)3-8;1-2/h1-5,12,21H,7H2,(H,23,24);1-2H3. The summed E-state index contributed by atoms with van der Waals surface area (Å²) < 4.78 is 27.6. The lowest BCUT2D eigenvalue weighted by Gasteiger charge is -2.26. The number of aromatic nitrogens is 2. The largest absolute Gasteiger partial charge is 0.383 e. The Labute approximate surface area is 148 Å². The fourth-order valence-electron chi connectivity index (χ4n) is 3.10. The third kappa shape index (κ3) is 2.80. The molecule has 1 aromatic heterocycles. The van der Waals surface area contributed by atoms with E-state index in [-0.39, 0.29) is 16.9 Å². The summed E-state index contributed by atoms with van der Waals surface area (Å²) in [7, 11) is 0. The Morgan fingerprint density at radius 2 is 2.00 bits per heavy atom. The van der Waals surface area contributed by atoms with Gasteiger partial charge in [-0.15, -0.1) is 0 Å². The average Bonchev–Trinajstić information content (AvgIpc) is 2.66. The van der Waals surface area contributed by atoms with Crippen LogP contribution in [-0.4, -0.2) is 16.7 Å². The SMILES string of the molecule is CC.N#Cc1ccc(C2CNc3cc(F)cc4c(=O)[nH]nc2c34)cc1F. The van der Waals surface area contributed by atoms with Crippen molar-refractivity contribution in [3.05, 3.63) is 69.1 Å². The molecule has 0 saturated carbocycles. The summed E-state index contributed by atoms with van der Waals surface area (Å²) in [6.07, 6.45) is 0. The highest BCUT2D eigenvalue weighted by Crippen LogP contribution is 2.37. The summed E-state index contributed by atoms with van der Waals surface area (Å²) in [4.78, 5) is 11.9. The van der Waals surface area contributed by atoms with Crippen molar-refractivity contribution < 1.29 is 8.78 Å². The van der Waals surface area contributed by atoms with Gasteiger partial charge in [0.15, 0.2) is 0 Å². The van der Waals surface area contributed by atoms with Gasteiger partial charge in [0, 0.05) is 23.5 Å². The van der Waals surface area contributed by atoms with Gasteiger partial charge < -0.3 is 5.32 Å². The van der Waals surface area contributed by atoms with E-state index in [0.29, 0.717) is 28.9 Å². The highest BCUT2D eigenvalue weighted by Gasteiger charge is 2.27. The second-order valence-electron chi connectivity index (χ2n) is 5.60. The molecule has 0 saturated heterocycles. The van der Waals surface area contributed by atoms with Crippen molar-refractivity contribution >= 4 is 16.5 Å². The molecule has 2 N–H and O–H groups in total. The minimum Gasteiger partial charge on any atom is -0.383 e. The summed E-state index contributed by atoms with van der Waals surface area (Å²) in [5, 5.41) is 19.1. The molecule has 0 radical (unpaired) electrons. The Kier molecular flexibility index (Phi) is 4.67. The maximum atomic E-state index is 13.9. The van der Waals surface area contributed by atoms with Crippen molar-refractivity contribution in [3.63, 3.8) is 0 Å². The number of halogens is 2. The van der Waals surface area contributed by atoms with Crippen LogP contribution in [0, 0.1) is 23.0 Å². The van der Waals surface area contributed by atoms with Crippen LogP contribution in [0.5, 0.6) is 0 Å². The lowest BCUT2D eigenvalue weighted by atomic mass is 9.88. The third-order valence-electron chi connectivity index (χ3n) is 4.22. The Hall–Kier alpha value is -3.27. The highest BCUT2D eigenvalue weighted by molar-refractivity contribution is 5.97. The lowest BCUT2D eigenvalue weighted by Crippen LogP contribution is -2.24.